The molecule has 1 aliphatic carbocycles. The van der Waals surface area contributed by atoms with Gasteiger partial charge >= 0.3 is 0 Å². The fraction of sp³-hybridized carbons (Fsp3) is 0.278. The lowest BCUT2D eigenvalue weighted by atomic mass is 10.2. The van der Waals surface area contributed by atoms with Gasteiger partial charge in [-0.25, -0.2) is 8.42 Å². The monoisotopic (exact) mass is 391 g/mol. The molecule has 0 atom stereocenters. The van der Waals surface area contributed by atoms with Crippen LogP contribution in [-0.2, 0) is 16.6 Å². The van der Waals surface area contributed by atoms with Crippen LogP contribution in [0.5, 0.6) is 0 Å². The molecule has 0 bridgehead atoms. The summed E-state index contributed by atoms with van der Waals surface area (Å²) in [6.45, 7) is 2.33. The van der Waals surface area contributed by atoms with E-state index in [-0.39, 0.29) is 10.5 Å². The van der Waals surface area contributed by atoms with Crippen LogP contribution in [0.1, 0.15) is 18.4 Å². The molecule has 1 aliphatic rings. The molecular weight excluding hydrogens is 374 g/mol. The summed E-state index contributed by atoms with van der Waals surface area (Å²) >= 11 is 6.03. The molecule has 1 heterocycles. The van der Waals surface area contributed by atoms with Gasteiger partial charge in [0.2, 0.25) is 0 Å². The van der Waals surface area contributed by atoms with Crippen molar-refractivity contribution in [2.24, 2.45) is 5.92 Å². The number of anilines is 1. The zero-order valence-electron chi connectivity index (χ0n) is 14.1. The molecule has 6 nitrogen and oxygen atoms in total. The zero-order valence-corrected chi connectivity index (χ0v) is 15.7. The molecule has 2 aromatic carbocycles. The van der Waals surface area contributed by atoms with Crippen LogP contribution >= 0.6 is 11.6 Å². The van der Waals surface area contributed by atoms with Crippen LogP contribution in [0.25, 0.3) is 10.9 Å². The highest BCUT2D eigenvalue weighted by molar-refractivity contribution is 7.92. The van der Waals surface area contributed by atoms with Crippen LogP contribution in [0.3, 0.4) is 0 Å². The summed E-state index contributed by atoms with van der Waals surface area (Å²) < 4.78 is 29.5. The van der Waals surface area contributed by atoms with Gasteiger partial charge in [-0.05, 0) is 61.6 Å². The van der Waals surface area contributed by atoms with Crippen molar-refractivity contribution in [2.45, 2.75) is 31.2 Å². The van der Waals surface area contributed by atoms with E-state index in [0.717, 1.165) is 12.8 Å². The summed E-state index contributed by atoms with van der Waals surface area (Å²) in [5.74, 6) is 0.560. The molecule has 1 aromatic heterocycles. The highest BCUT2D eigenvalue weighted by Crippen LogP contribution is 2.30. The average Bonchev–Trinajstić information content (AvgIpc) is 3.35. The Morgan fingerprint density at radius 2 is 2.04 bits per heavy atom. The fourth-order valence-electron chi connectivity index (χ4n) is 3.00. The Bertz CT molecular complexity index is 1160. The van der Waals surface area contributed by atoms with Gasteiger partial charge in [-0.2, -0.15) is 0 Å². The van der Waals surface area contributed by atoms with E-state index >= 15 is 0 Å². The lowest BCUT2D eigenvalue weighted by molar-refractivity contribution is 0.553. The second-order valence-corrected chi connectivity index (χ2v) is 8.76. The summed E-state index contributed by atoms with van der Waals surface area (Å²) in [7, 11) is -3.80. The quantitative estimate of drug-likeness (QED) is 0.698. The van der Waals surface area contributed by atoms with E-state index in [1.807, 2.05) is 0 Å². The van der Waals surface area contributed by atoms with Crippen molar-refractivity contribution in [3.63, 3.8) is 0 Å². The first-order valence-electron chi connectivity index (χ1n) is 8.35. The largest absolute Gasteiger partial charge is 0.295 e. The van der Waals surface area contributed by atoms with E-state index in [1.54, 1.807) is 41.9 Å². The van der Waals surface area contributed by atoms with E-state index < -0.39 is 10.0 Å². The van der Waals surface area contributed by atoms with Crippen molar-refractivity contribution < 1.29 is 8.42 Å². The molecule has 136 valence electrons. The van der Waals surface area contributed by atoms with Crippen molar-refractivity contribution >= 4 is 38.2 Å². The third-order valence-electron chi connectivity index (χ3n) is 4.65. The first-order chi connectivity index (χ1) is 12.3. The highest BCUT2D eigenvalue weighted by Gasteiger charge is 2.23. The minimum Gasteiger partial charge on any atom is -0.295 e. The Morgan fingerprint density at radius 1 is 1.27 bits per heavy atom. The highest BCUT2D eigenvalue weighted by atomic mass is 35.5. The number of hydrogen-bond donors (Lipinski definition) is 2. The van der Waals surface area contributed by atoms with Gasteiger partial charge in [0.15, 0.2) is 0 Å². The van der Waals surface area contributed by atoms with E-state index in [2.05, 4.69) is 9.82 Å². The molecular formula is C18H18ClN3O3S. The molecule has 0 amide bonds. The zero-order chi connectivity index (χ0) is 18.5. The van der Waals surface area contributed by atoms with E-state index in [4.69, 9.17) is 11.6 Å². The van der Waals surface area contributed by atoms with Crippen LogP contribution < -0.4 is 10.3 Å². The maximum atomic E-state index is 12.7. The third kappa shape index (κ3) is 3.12. The van der Waals surface area contributed by atoms with Crippen LogP contribution in [0.15, 0.2) is 46.1 Å². The molecule has 0 spiro atoms. The molecule has 0 saturated heterocycles. The van der Waals surface area contributed by atoms with Gasteiger partial charge in [0.05, 0.1) is 15.8 Å². The number of aromatic nitrogens is 2. The summed E-state index contributed by atoms with van der Waals surface area (Å²) in [6, 6.07) is 9.65. The summed E-state index contributed by atoms with van der Waals surface area (Å²) in [5.41, 5.74) is 1.38. The van der Waals surface area contributed by atoms with E-state index in [9.17, 15) is 13.2 Å². The summed E-state index contributed by atoms with van der Waals surface area (Å²) in [5, 5.41) is 3.94. The minimum atomic E-state index is -3.80. The lowest BCUT2D eigenvalue weighted by Crippen LogP contribution is -2.17. The van der Waals surface area contributed by atoms with Crippen molar-refractivity contribution in [1.29, 1.82) is 0 Å². The number of hydrogen-bond acceptors (Lipinski definition) is 3. The second-order valence-electron chi connectivity index (χ2n) is 6.70. The number of fused-ring (bicyclic) bond motifs is 1. The normalized spacial score (nSPS) is 14.7. The second kappa shape index (κ2) is 6.17. The van der Waals surface area contributed by atoms with Gasteiger partial charge in [-0.15, -0.1) is 0 Å². The lowest BCUT2D eigenvalue weighted by Gasteiger charge is -2.11. The van der Waals surface area contributed by atoms with Crippen LogP contribution in [-0.4, -0.2) is 18.2 Å². The third-order valence-corrected chi connectivity index (χ3v) is 6.58. The minimum absolute atomic E-state index is 0.116. The predicted molar refractivity (Wildman–Crippen MR) is 102 cm³/mol. The summed E-state index contributed by atoms with van der Waals surface area (Å²) in [4.78, 5) is 12.6. The van der Waals surface area contributed by atoms with Gasteiger partial charge < -0.3 is 0 Å². The Hall–Kier alpha value is -2.25. The summed E-state index contributed by atoms with van der Waals surface area (Å²) in [6.07, 6.45) is 2.29. The maximum absolute atomic E-state index is 12.7. The molecule has 1 saturated carbocycles. The number of benzene rings is 2. The molecule has 4 rings (SSSR count). The number of aromatic amines is 1. The number of sulfonamides is 1. The number of H-pyrrole nitrogens is 1. The van der Waals surface area contributed by atoms with Crippen LogP contribution in [0.4, 0.5) is 5.69 Å². The molecule has 1 fully saturated rings. The predicted octanol–water partition coefficient (Wildman–Crippen LogP) is 3.50. The van der Waals surface area contributed by atoms with Gasteiger partial charge in [-0.3, -0.25) is 19.3 Å². The molecule has 0 radical (unpaired) electrons. The van der Waals surface area contributed by atoms with Crippen LogP contribution in [0, 0.1) is 12.8 Å². The van der Waals surface area contributed by atoms with Gasteiger partial charge in [0, 0.05) is 17.3 Å². The smallest absolute Gasteiger partial charge is 0.274 e. The first kappa shape index (κ1) is 17.2. The number of nitrogens with one attached hydrogen (secondary N) is 2. The number of halogens is 1. The molecule has 0 unspecified atom stereocenters. The Labute approximate surface area is 155 Å². The number of nitrogens with zero attached hydrogens (tertiary/aromatic N) is 1. The standard InChI is InChI=1S/C18H18ClN3O3S/c1-11-15(19)3-2-4-17(11)26(24,25)21-13-7-8-16-14(9-13)18(23)22(20-16)10-12-5-6-12/h2-4,7-9,12,20-21H,5-6,10H2,1H3. The van der Waals surface area contributed by atoms with Gasteiger partial charge in [-0.1, -0.05) is 17.7 Å². The maximum Gasteiger partial charge on any atom is 0.274 e. The van der Waals surface area contributed by atoms with Crippen LogP contribution in [0.2, 0.25) is 5.02 Å². The van der Waals surface area contributed by atoms with Crippen molar-refractivity contribution in [1.82, 2.24) is 9.78 Å². The van der Waals surface area contributed by atoms with Crippen molar-refractivity contribution in [2.75, 3.05) is 4.72 Å². The Kier molecular flexibility index (Phi) is 4.08. The molecule has 0 aliphatic heterocycles. The SMILES string of the molecule is Cc1c(Cl)cccc1S(=O)(=O)Nc1ccc2[nH]n(CC3CC3)c(=O)c2c1. The molecule has 3 aromatic rings. The fourth-order valence-corrected chi connectivity index (χ4v) is 4.55. The van der Waals surface area contributed by atoms with E-state index in [1.165, 1.54) is 6.07 Å². The molecule has 2 N–H and O–H groups in total. The molecule has 26 heavy (non-hydrogen) atoms. The van der Waals surface area contributed by atoms with Crippen molar-refractivity contribution in [3.05, 3.63) is 57.3 Å². The first-order valence-corrected chi connectivity index (χ1v) is 10.2. The molecule has 8 heteroatoms. The average molecular weight is 392 g/mol. The number of rotatable bonds is 5. The van der Waals surface area contributed by atoms with E-state index in [0.29, 0.717) is 39.6 Å². The van der Waals surface area contributed by atoms with Gasteiger partial charge in [0.1, 0.15) is 0 Å². The Balaban J connectivity index is 1.69. The van der Waals surface area contributed by atoms with Gasteiger partial charge in [0.25, 0.3) is 15.6 Å². The van der Waals surface area contributed by atoms with Crippen molar-refractivity contribution in [3.8, 4) is 0 Å². The Morgan fingerprint density at radius 3 is 2.77 bits per heavy atom. The topological polar surface area (TPSA) is 84.0 Å².